The minimum atomic E-state index is -0.423. The van der Waals surface area contributed by atoms with Crippen LogP contribution in [0.2, 0.25) is 0 Å². The molecule has 0 aromatic heterocycles. The molecule has 3 nitrogen and oxygen atoms in total. The first-order valence-corrected chi connectivity index (χ1v) is 19.6. The molecule has 2 atom stereocenters. The first kappa shape index (κ1) is 41.9. The Labute approximate surface area is 282 Å². The highest BCUT2D eigenvalue weighted by Crippen LogP contribution is 2.36. The lowest BCUT2D eigenvalue weighted by molar-refractivity contribution is -0.168. The molecule has 0 N–H and O–H groups in total. The molecule has 45 heavy (non-hydrogen) atoms. The summed E-state index contributed by atoms with van der Waals surface area (Å²) in [6.07, 6.45) is 50.9. The van der Waals surface area contributed by atoms with Crippen LogP contribution in [0.15, 0.2) is 48.6 Å². The van der Waals surface area contributed by atoms with Gasteiger partial charge >= 0.3 is 0 Å². The minimum absolute atomic E-state index is 0.265. The van der Waals surface area contributed by atoms with E-state index < -0.39 is 5.79 Å². The number of rotatable bonds is 31. The second-order valence-electron chi connectivity index (χ2n) is 14.0. The van der Waals surface area contributed by atoms with Crippen molar-refractivity contribution in [1.82, 2.24) is 4.90 Å². The van der Waals surface area contributed by atoms with Gasteiger partial charge in [0.2, 0.25) is 0 Å². The summed E-state index contributed by atoms with van der Waals surface area (Å²) in [4.78, 5) is 2.24. The lowest BCUT2D eigenvalue weighted by atomic mass is 9.99. The van der Waals surface area contributed by atoms with Crippen LogP contribution >= 0.6 is 0 Å². The maximum absolute atomic E-state index is 6.63. The van der Waals surface area contributed by atoms with E-state index in [9.17, 15) is 0 Å². The summed E-state index contributed by atoms with van der Waals surface area (Å²) >= 11 is 0. The van der Waals surface area contributed by atoms with Gasteiger partial charge in [0.25, 0.3) is 0 Å². The summed E-state index contributed by atoms with van der Waals surface area (Å²) in [5, 5.41) is 0. The Balaban J connectivity index is 2.20. The van der Waals surface area contributed by atoms with E-state index in [1.807, 2.05) is 0 Å². The molecule has 0 aromatic carbocycles. The van der Waals surface area contributed by atoms with Gasteiger partial charge in [0, 0.05) is 13.0 Å². The molecular weight excluding hydrogens is 550 g/mol. The summed E-state index contributed by atoms with van der Waals surface area (Å²) in [5.74, 6) is -0.423. The monoisotopic (exact) mass is 628 g/mol. The van der Waals surface area contributed by atoms with Crippen molar-refractivity contribution in [2.75, 3.05) is 20.6 Å². The van der Waals surface area contributed by atoms with E-state index in [4.69, 9.17) is 9.47 Å². The van der Waals surface area contributed by atoms with Crippen molar-refractivity contribution in [3.05, 3.63) is 48.6 Å². The van der Waals surface area contributed by atoms with E-state index in [1.165, 1.54) is 128 Å². The molecule has 0 radical (unpaired) electrons. The van der Waals surface area contributed by atoms with Crippen molar-refractivity contribution >= 4 is 0 Å². The van der Waals surface area contributed by atoms with Crippen molar-refractivity contribution in [1.29, 1.82) is 0 Å². The Hall–Kier alpha value is -1.16. The highest BCUT2D eigenvalue weighted by Gasteiger charge is 2.43. The molecule has 0 spiro atoms. The fourth-order valence-electron chi connectivity index (χ4n) is 6.17. The quantitative estimate of drug-likeness (QED) is 0.0564. The van der Waals surface area contributed by atoms with E-state index in [1.54, 1.807) is 0 Å². The van der Waals surface area contributed by atoms with Gasteiger partial charge in [-0.3, -0.25) is 0 Å². The van der Waals surface area contributed by atoms with Gasteiger partial charge in [-0.1, -0.05) is 140 Å². The summed E-state index contributed by atoms with van der Waals surface area (Å²) in [7, 11) is 4.27. The second-order valence-corrected chi connectivity index (χ2v) is 14.0. The van der Waals surface area contributed by atoms with Crippen LogP contribution in [0.4, 0.5) is 0 Å². The number of ether oxygens (including phenoxy) is 2. The van der Waals surface area contributed by atoms with Crippen LogP contribution in [0.5, 0.6) is 0 Å². The van der Waals surface area contributed by atoms with Crippen LogP contribution in [-0.4, -0.2) is 43.5 Å². The number of allylic oxidation sites excluding steroid dienone is 8. The third-order valence-corrected chi connectivity index (χ3v) is 9.11. The number of hydrogen-bond donors (Lipinski definition) is 0. The average Bonchev–Trinajstić information content (AvgIpc) is 3.35. The van der Waals surface area contributed by atoms with E-state index in [-0.39, 0.29) is 12.2 Å². The topological polar surface area (TPSA) is 21.7 Å². The molecule has 0 aromatic rings. The van der Waals surface area contributed by atoms with Crippen molar-refractivity contribution in [2.24, 2.45) is 0 Å². The molecule has 0 aliphatic carbocycles. The van der Waals surface area contributed by atoms with Crippen molar-refractivity contribution < 1.29 is 9.47 Å². The fraction of sp³-hybridized carbons (Fsp3) is 0.810. The Morgan fingerprint density at radius 2 is 0.844 bits per heavy atom. The maximum atomic E-state index is 6.63. The summed E-state index contributed by atoms with van der Waals surface area (Å²) < 4.78 is 13.3. The highest BCUT2D eigenvalue weighted by atomic mass is 16.8. The van der Waals surface area contributed by atoms with Crippen LogP contribution in [0.3, 0.4) is 0 Å². The Kier molecular flexibility index (Phi) is 28.1. The lowest BCUT2D eigenvalue weighted by Crippen LogP contribution is -2.31. The molecule has 1 aliphatic heterocycles. The van der Waals surface area contributed by atoms with Gasteiger partial charge < -0.3 is 14.4 Å². The predicted octanol–water partition coefficient (Wildman–Crippen LogP) is 13.1. The largest absolute Gasteiger partial charge is 0.344 e. The fourth-order valence-corrected chi connectivity index (χ4v) is 6.17. The molecule has 1 saturated heterocycles. The zero-order chi connectivity index (χ0) is 32.7. The average molecular weight is 628 g/mol. The predicted molar refractivity (Wildman–Crippen MR) is 200 cm³/mol. The van der Waals surface area contributed by atoms with Crippen molar-refractivity contribution in [3.8, 4) is 0 Å². The van der Waals surface area contributed by atoms with Crippen molar-refractivity contribution in [2.45, 2.75) is 199 Å². The molecule has 3 heteroatoms. The summed E-state index contributed by atoms with van der Waals surface area (Å²) in [5.41, 5.74) is 0. The number of nitrogens with zero attached hydrogens (tertiary/aromatic N) is 1. The van der Waals surface area contributed by atoms with Gasteiger partial charge in [0.15, 0.2) is 5.79 Å². The van der Waals surface area contributed by atoms with Gasteiger partial charge in [-0.25, -0.2) is 0 Å². The van der Waals surface area contributed by atoms with E-state index in [2.05, 4.69) is 88.4 Å². The Morgan fingerprint density at radius 3 is 1.22 bits per heavy atom. The molecular formula is C42H77NO2. The van der Waals surface area contributed by atoms with Gasteiger partial charge in [0.05, 0.1) is 12.2 Å². The molecule has 262 valence electrons. The van der Waals surface area contributed by atoms with Gasteiger partial charge in [0.1, 0.15) is 0 Å². The van der Waals surface area contributed by atoms with Crippen molar-refractivity contribution in [3.63, 3.8) is 0 Å². The lowest BCUT2D eigenvalue weighted by Gasteiger charge is -2.25. The normalized spacial score (nSPS) is 20.8. The van der Waals surface area contributed by atoms with Crippen LogP contribution < -0.4 is 0 Å². The van der Waals surface area contributed by atoms with E-state index in [0.29, 0.717) is 0 Å². The highest BCUT2D eigenvalue weighted by molar-refractivity contribution is 4.93. The smallest absolute Gasteiger partial charge is 0.167 e. The van der Waals surface area contributed by atoms with Crippen LogP contribution in [-0.2, 0) is 9.47 Å². The first-order valence-electron chi connectivity index (χ1n) is 19.6. The molecule has 0 bridgehead atoms. The molecule has 0 saturated carbocycles. The third kappa shape index (κ3) is 25.6. The molecule has 0 amide bonds. The molecule has 2 unspecified atom stereocenters. The van der Waals surface area contributed by atoms with E-state index >= 15 is 0 Å². The van der Waals surface area contributed by atoms with Gasteiger partial charge in [-0.05, 0) is 98.1 Å². The van der Waals surface area contributed by atoms with Crippen LogP contribution in [0.25, 0.3) is 0 Å². The second kappa shape index (κ2) is 30.2. The zero-order valence-electron chi connectivity index (χ0n) is 30.9. The summed E-state index contributed by atoms with van der Waals surface area (Å²) in [6, 6.07) is 0. The molecule has 1 fully saturated rings. The molecule has 1 aliphatic rings. The maximum Gasteiger partial charge on any atom is 0.167 e. The Bertz CT molecular complexity index is 698. The van der Waals surface area contributed by atoms with Gasteiger partial charge in [-0.15, -0.1) is 0 Å². The minimum Gasteiger partial charge on any atom is -0.344 e. The Morgan fingerprint density at radius 1 is 0.489 bits per heavy atom. The van der Waals surface area contributed by atoms with Crippen LogP contribution in [0.1, 0.15) is 181 Å². The zero-order valence-corrected chi connectivity index (χ0v) is 30.9. The third-order valence-electron chi connectivity index (χ3n) is 9.11. The number of hydrogen-bond acceptors (Lipinski definition) is 3. The standard InChI is InChI=1S/C42H77NO2/c1-6-8-10-12-14-16-18-20-22-24-26-28-30-32-34-36-40-41(45-42(3,44-40)38-39-43(4)5)37-35-33-31-29-27-25-23-21-19-17-15-13-11-9-7-2/h14-17,20-23,40-41H,6-13,18-19,24-39H2,1-5H3. The number of unbranched alkanes of at least 4 members (excludes halogenated alkanes) is 16. The summed E-state index contributed by atoms with van der Waals surface area (Å²) in [6.45, 7) is 7.71. The SMILES string of the molecule is CCCCCC=CCC=CCCCCCCCC1OC(C)(CCN(C)C)OC1CCCCCCCC=CCC=CCCCCC. The van der Waals surface area contributed by atoms with E-state index in [0.717, 1.165) is 38.6 Å². The van der Waals surface area contributed by atoms with Crippen LogP contribution in [0, 0.1) is 0 Å². The molecule has 1 rings (SSSR count). The first-order chi connectivity index (χ1) is 22.0. The molecule has 1 heterocycles. The van der Waals surface area contributed by atoms with Gasteiger partial charge in [-0.2, -0.15) is 0 Å².